The number of nitrogens with one attached hydrogen (secondary N) is 1. The molecule has 1 aromatic rings. The number of aryl methyl sites for hydroxylation is 1. The molecule has 1 aliphatic rings. The predicted octanol–water partition coefficient (Wildman–Crippen LogP) is -1.22. The van der Waals surface area contributed by atoms with Crippen LogP contribution in [-0.2, 0) is 11.8 Å². The number of carbonyl (C=O) groups is 2. The number of nitrogens with zero attached hydrogens (tertiary/aromatic N) is 4. The molecule has 0 aromatic carbocycles. The summed E-state index contributed by atoms with van der Waals surface area (Å²) in [6, 6.07) is 0. The van der Waals surface area contributed by atoms with Gasteiger partial charge in [-0.2, -0.15) is 0 Å². The Kier molecular flexibility index (Phi) is 2.84. The molecule has 16 heavy (non-hydrogen) atoms. The summed E-state index contributed by atoms with van der Waals surface area (Å²) in [6.45, 7) is 1.44. The van der Waals surface area contributed by atoms with Crippen molar-refractivity contribution < 1.29 is 9.59 Å². The third-order valence-corrected chi connectivity index (χ3v) is 2.42. The first kappa shape index (κ1) is 10.6. The Labute approximate surface area is 92.4 Å². The summed E-state index contributed by atoms with van der Waals surface area (Å²) in [5.41, 5.74) is 0.317. The average Bonchev–Trinajstić information content (AvgIpc) is 2.57. The van der Waals surface area contributed by atoms with Crippen LogP contribution in [0.5, 0.6) is 0 Å². The summed E-state index contributed by atoms with van der Waals surface area (Å²) >= 11 is 0. The highest BCUT2D eigenvalue weighted by Crippen LogP contribution is 2.03. The maximum Gasteiger partial charge on any atom is 0.276 e. The van der Waals surface area contributed by atoms with Gasteiger partial charge in [0.2, 0.25) is 5.91 Å². The molecule has 1 aromatic heterocycles. The third kappa shape index (κ3) is 2.18. The summed E-state index contributed by atoms with van der Waals surface area (Å²) in [5.74, 6) is -0.195. The fraction of sp³-hybridized carbons (Fsp3) is 0.556. The van der Waals surface area contributed by atoms with Crippen LogP contribution in [-0.4, -0.2) is 51.3 Å². The van der Waals surface area contributed by atoms with Gasteiger partial charge in [-0.25, -0.2) is 0 Å². The van der Waals surface area contributed by atoms with Crippen LogP contribution in [0.4, 0.5) is 0 Å². The summed E-state index contributed by atoms with van der Waals surface area (Å²) in [6.07, 6.45) is 1.91. The van der Waals surface area contributed by atoms with Crippen molar-refractivity contribution in [2.24, 2.45) is 7.05 Å². The number of hydrogen-bond acceptors (Lipinski definition) is 4. The second kappa shape index (κ2) is 4.30. The van der Waals surface area contributed by atoms with E-state index in [1.54, 1.807) is 18.1 Å². The molecule has 0 bridgehead atoms. The molecule has 7 heteroatoms. The lowest BCUT2D eigenvalue weighted by molar-refractivity contribution is -0.120. The molecule has 1 saturated heterocycles. The van der Waals surface area contributed by atoms with Crippen LogP contribution in [0.15, 0.2) is 6.20 Å². The Morgan fingerprint density at radius 1 is 1.50 bits per heavy atom. The molecule has 0 radical (unpaired) electrons. The van der Waals surface area contributed by atoms with E-state index in [0.717, 1.165) is 0 Å². The minimum atomic E-state index is -0.176. The van der Waals surface area contributed by atoms with Gasteiger partial charge in [-0.1, -0.05) is 5.21 Å². The first-order chi connectivity index (χ1) is 7.66. The van der Waals surface area contributed by atoms with E-state index in [1.807, 2.05) is 0 Å². The van der Waals surface area contributed by atoms with E-state index in [2.05, 4.69) is 15.6 Å². The maximum absolute atomic E-state index is 11.9. The first-order valence-corrected chi connectivity index (χ1v) is 5.09. The highest BCUT2D eigenvalue weighted by atomic mass is 16.2. The SMILES string of the molecule is Cn1cc(C(=O)N2CCNC(=O)CC2)nn1. The molecule has 0 aliphatic carbocycles. The molecule has 1 aliphatic heterocycles. The molecule has 1 N–H and O–H groups in total. The number of carbonyl (C=O) groups excluding carboxylic acids is 2. The molecule has 0 saturated carbocycles. The van der Waals surface area contributed by atoms with Crippen molar-refractivity contribution in [2.45, 2.75) is 6.42 Å². The molecule has 0 unspecified atom stereocenters. The van der Waals surface area contributed by atoms with Gasteiger partial charge in [0.25, 0.3) is 5.91 Å². The van der Waals surface area contributed by atoms with E-state index >= 15 is 0 Å². The lowest BCUT2D eigenvalue weighted by Gasteiger charge is -2.17. The molecule has 0 spiro atoms. The zero-order valence-corrected chi connectivity index (χ0v) is 9.01. The van der Waals surface area contributed by atoms with E-state index in [0.29, 0.717) is 31.7 Å². The van der Waals surface area contributed by atoms with E-state index in [9.17, 15) is 9.59 Å². The van der Waals surface area contributed by atoms with Gasteiger partial charge in [0, 0.05) is 33.1 Å². The molecule has 7 nitrogen and oxygen atoms in total. The smallest absolute Gasteiger partial charge is 0.276 e. The van der Waals surface area contributed by atoms with E-state index in [1.165, 1.54) is 4.68 Å². The van der Waals surface area contributed by atoms with Crippen LogP contribution >= 0.6 is 0 Å². The van der Waals surface area contributed by atoms with Crippen molar-refractivity contribution in [1.82, 2.24) is 25.2 Å². The number of aromatic nitrogens is 3. The Balaban J connectivity index is 2.06. The molecule has 0 atom stereocenters. The number of rotatable bonds is 1. The van der Waals surface area contributed by atoms with Crippen LogP contribution in [0.1, 0.15) is 16.9 Å². The lowest BCUT2D eigenvalue weighted by atomic mass is 10.3. The van der Waals surface area contributed by atoms with Crippen molar-refractivity contribution >= 4 is 11.8 Å². The minimum absolute atomic E-state index is 0.0190. The molecular formula is C9H13N5O2. The first-order valence-electron chi connectivity index (χ1n) is 5.09. The monoisotopic (exact) mass is 223 g/mol. The van der Waals surface area contributed by atoms with Gasteiger partial charge < -0.3 is 10.2 Å². The lowest BCUT2D eigenvalue weighted by Crippen LogP contribution is -2.34. The van der Waals surface area contributed by atoms with Gasteiger partial charge in [-0.3, -0.25) is 14.3 Å². The summed E-state index contributed by atoms with van der Waals surface area (Å²) in [7, 11) is 1.71. The van der Waals surface area contributed by atoms with Crippen LogP contribution in [0.2, 0.25) is 0 Å². The number of amides is 2. The normalized spacial score (nSPS) is 16.8. The van der Waals surface area contributed by atoms with E-state index in [-0.39, 0.29) is 11.8 Å². The average molecular weight is 223 g/mol. The van der Waals surface area contributed by atoms with Gasteiger partial charge in [-0.05, 0) is 0 Å². The second-order valence-electron chi connectivity index (χ2n) is 3.67. The van der Waals surface area contributed by atoms with Crippen molar-refractivity contribution in [1.29, 1.82) is 0 Å². The molecule has 86 valence electrons. The second-order valence-corrected chi connectivity index (χ2v) is 3.67. The Bertz CT molecular complexity index is 414. The molecule has 2 rings (SSSR count). The van der Waals surface area contributed by atoms with Crippen molar-refractivity contribution in [3.05, 3.63) is 11.9 Å². The van der Waals surface area contributed by atoms with Gasteiger partial charge in [-0.15, -0.1) is 5.10 Å². The topological polar surface area (TPSA) is 80.1 Å². The summed E-state index contributed by atoms with van der Waals surface area (Å²) in [4.78, 5) is 24.7. The fourth-order valence-electron chi connectivity index (χ4n) is 1.58. The minimum Gasteiger partial charge on any atom is -0.354 e. The Morgan fingerprint density at radius 2 is 2.31 bits per heavy atom. The molecule has 2 heterocycles. The van der Waals surface area contributed by atoms with Crippen LogP contribution in [0, 0.1) is 0 Å². The maximum atomic E-state index is 11.9. The fourth-order valence-corrected chi connectivity index (χ4v) is 1.58. The van der Waals surface area contributed by atoms with Gasteiger partial charge in [0.1, 0.15) is 0 Å². The van der Waals surface area contributed by atoms with Crippen molar-refractivity contribution in [3.8, 4) is 0 Å². The predicted molar refractivity (Wildman–Crippen MR) is 54.5 cm³/mol. The summed E-state index contributed by atoms with van der Waals surface area (Å²) < 4.78 is 1.48. The van der Waals surface area contributed by atoms with E-state index in [4.69, 9.17) is 0 Å². The van der Waals surface area contributed by atoms with Crippen LogP contribution in [0.3, 0.4) is 0 Å². The Morgan fingerprint density at radius 3 is 3.00 bits per heavy atom. The zero-order chi connectivity index (χ0) is 11.5. The largest absolute Gasteiger partial charge is 0.354 e. The molecular weight excluding hydrogens is 210 g/mol. The molecule has 1 fully saturated rings. The third-order valence-electron chi connectivity index (χ3n) is 2.42. The summed E-state index contributed by atoms with van der Waals surface area (Å²) in [5, 5.41) is 10.2. The van der Waals surface area contributed by atoms with E-state index < -0.39 is 0 Å². The van der Waals surface area contributed by atoms with Gasteiger partial charge in [0.15, 0.2) is 5.69 Å². The van der Waals surface area contributed by atoms with Crippen molar-refractivity contribution in [2.75, 3.05) is 19.6 Å². The molecule has 2 amide bonds. The zero-order valence-electron chi connectivity index (χ0n) is 9.01. The highest BCUT2D eigenvalue weighted by Gasteiger charge is 2.21. The Hall–Kier alpha value is -1.92. The van der Waals surface area contributed by atoms with Gasteiger partial charge in [0.05, 0.1) is 6.20 Å². The van der Waals surface area contributed by atoms with Crippen molar-refractivity contribution in [3.63, 3.8) is 0 Å². The van der Waals surface area contributed by atoms with Gasteiger partial charge >= 0.3 is 0 Å². The number of hydrogen-bond donors (Lipinski definition) is 1. The highest BCUT2D eigenvalue weighted by molar-refractivity contribution is 5.92. The van der Waals surface area contributed by atoms with Crippen LogP contribution in [0.25, 0.3) is 0 Å². The quantitative estimate of drug-likeness (QED) is 0.647. The standard InChI is InChI=1S/C9H13N5O2/c1-13-6-7(11-12-13)9(16)14-4-2-8(15)10-3-5-14/h6H,2-5H2,1H3,(H,10,15). The van der Waals surface area contributed by atoms with Crippen LogP contribution < -0.4 is 5.32 Å².